The van der Waals surface area contributed by atoms with Gasteiger partial charge in [-0.05, 0) is 57.8 Å². The number of aliphatic hydroxyl groups excluding tert-OH is 3. The van der Waals surface area contributed by atoms with Crippen molar-refractivity contribution in [2.24, 2.45) is 0 Å². The van der Waals surface area contributed by atoms with Gasteiger partial charge >= 0.3 is 5.97 Å². The molecule has 0 aromatic heterocycles. The van der Waals surface area contributed by atoms with Crippen LogP contribution in [0.5, 0.6) is 0 Å². The van der Waals surface area contributed by atoms with Gasteiger partial charge in [0.25, 0.3) is 0 Å². The van der Waals surface area contributed by atoms with Gasteiger partial charge in [0.15, 0.2) is 0 Å². The van der Waals surface area contributed by atoms with Crippen LogP contribution in [0.3, 0.4) is 0 Å². The summed E-state index contributed by atoms with van der Waals surface area (Å²) in [5, 5.41) is 33.7. The van der Waals surface area contributed by atoms with Crippen molar-refractivity contribution in [2.75, 3.05) is 13.2 Å². The highest BCUT2D eigenvalue weighted by atomic mass is 16.5. The van der Waals surface area contributed by atoms with Crippen LogP contribution in [0, 0.1) is 0 Å². The lowest BCUT2D eigenvalue weighted by Gasteiger charge is -2.26. The van der Waals surface area contributed by atoms with Crippen molar-refractivity contribution in [1.29, 1.82) is 0 Å². The Bertz CT molecular complexity index is 1140. The Balaban J connectivity index is 3.39. The first kappa shape index (κ1) is 70.3. The van der Waals surface area contributed by atoms with Crippen molar-refractivity contribution in [3.63, 3.8) is 0 Å². The number of rotatable bonds is 60. The van der Waals surface area contributed by atoms with Crippen LogP contribution in [0.15, 0.2) is 24.3 Å². The number of esters is 1. The maximum absolute atomic E-state index is 12.5. The van der Waals surface area contributed by atoms with Gasteiger partial charge in [0.2, 0.25) is 5.91 Å². The third-order valence-corrected chi connectivity index (χ3v) is 15.1. The molecule has 0 aromatic rings. The average Bonchev–Trinajstić information content (AvgIpc) is 3.38. The van der Waals surface area contributed by atoms with Crippen LogP contribution >= 0.6 is 0 Å². The van der Waals surface area contributed by atoms with Crippen molar-refractivity contribution in [1.82, 2.24) is 5.32 Å². The van der Waals surface area contributed by atoms with Crippen LogP contribution in [0.1, 0.15) is 348 Å². The molecule has 0 aromatic carbocycles. The lowest BCUT2D eigenvalue weighted by atomic mass is 9.99. The maximum atomic E-state index is 12.5. The molecule has 0 rings (SSSR count). The lowest BCUT2D eigenvalue weighted by molar-refractivity contribution is -0.143. The van der Waals surface area contributed by atoms with E-state index in [1.807, 2.05) is 0 Å². The first-order valence-corrected chi connectivity index (χ1v) is 32.2. The topological polar surface area (TPSA) is 116 Å². The monoisotopic (exact) mass is 1020 g/mol. The van der Waals surface area contributed by atoms with E-state index in [1.54, 1.807) is 0 Å². The Hall–Kier alpha value is -1.70. The summed E-state index contributed by atoms with van der Waals surface area (Å²) in [6.07, 6.45) is 70.8. The largest absolute Gasteiger partial charge is 0.466 e. The van der Waals surface area contributed by atoms with Gasteiger partial charge in [-0.25, -0.2) is 0 Å². The molecule has 7 nitrogen and oxygen atoms in total. The Kier molecular flexibility index (Phi) is 58.7. The summed E-state index contributed by atoms with van der Waals surface area (Å²) in [6, 6.07) is -0.812. The summed E-state index contributed by atoms with van der Waals surface area (Å²) in [5.41, 5.74) is 0. The van der Waals surface area contributed by atoms with Crippen LogP contribution in [-0.2, 0) is 14.3 Å². The van der Waals surface area contributed by atoms with E-state index < -0.39 is 18.2 Å². The smallest absolute Gasteiger partial charge is 0.305 e. The molecule has 0 aliphatic rings. The van der Waals surface area contributed by atoms with Gasteiger partial charge in [-0.2, -0.15) is 0 Å². The van der Waals surface area contributed by atoms with Gasteiger partial charge in [-0.3, -0.25) is 9.59 Å². The molecular formula is C65H125NO6. The van der Waals surface area contributed by atoms with E-state index in [-0.39, 0.29) is 18.5 Å². The summed E-state index contributed by atoms with van der Waals surface area (Å²) < 4.78 is 5.48. The zero-order valence-electron chi connectivity index (χ0n) is 48.3. The molecule has 0 aliphatic carbocycles. The van der Waals surface area contributed by atoms with E-state index in [4.69, 9.17) is 4.74 Å². The molecule has 0 saturated heterocycles. The van der Waals surface area contributed by atoms with Gasteiger partial charge < -0.3 is 25.4 Å². The minimum atomic E-state index is -1.14. The SMILES string of the molecule is CCCCC/C=C\C/C=C\CCCCCCCC(=O)OCCCCCCCCCCCCCCCCCCCCCCCCCCCCC(=O)N[C@@H](CO)[C@H](O)[C@H](O)CCCCCCCCCCCCCC. The van der Waals surface area contributed by atoms with E-state index in [0.717, 1.165) is 64.2 Å². The van der Waals surface area contributed by atoms with Crippen molar-refractivity contribution in [2.45, 2.75) is 366 Å². The number of unbranched alkanes of at least 4 members (excludes halogenated alkanes) is 44. The summed E-state index contributed by atoms with van der Waals surface area (Å²) in [4.78, 5) is 24.6. The summed E-state index contributed by atoms with van der Waals surface area (Å²) in [7, 11) is 0. The van der Waals surface area contributed by atoms with Gasteiger partial charge in [0.1, 0.15) is 6.10 Å². The minimum absolute atomic E-state index is 0.000383. The van der Waals surface area contributed by atoms with E-state index in [9.17, 15) is 24.9 Å². The van der Waals surface area contributed by atoms with Crippen LogP contribution < -0.4 is 5.32 Å². The molecule has 0 fully saturated rings. The van der Waals surface area contributed by atoms with Crippen molar-refractivity contribution >= 4 is 11.9 Å². The van der Waals surface area contributed by atoms with E-state index in [0.29, 0.717) is 25.9 Å². The average molecular weight is 1020 g/mol. The normalized spacial score (nSPS) is 13.1. The van der Waals surface area contributed by atoms with Crippen molar-refractivity contribution in [3.05, 3.63) is 24.3 Å². The Labute approximate surface area is 448 Å². The summed E-state index contributed by atoms with van der Waals surface area (Å²) in [5.74, 6) is -0.145. The first-order valence-electron chi connectivity index (χ1n) is 32.2. The zero-order valence-corrected chi connectivity index (χ0v) is 48.3. The van der Waals surface area contributed by atoms with Crippen LogP contribution in [0.4, 0.5) is 0 Å². The second kappa shape index (κ2) is 60.2. The van der Waals surface area contributed by atoms with Crippen LogP contribution in [-0.4, -0.2) is 58.7 Å². The van der Waals surface area contributed by atoms with Gasteiger partial charge in [0, 0.05) is 12.8 Å². The highest BCUT2D eigenvalue weighted by Gasteiger charge is 2.26. The minimum Gasteiger partial charge on any atom is -0.466 e. The number of hydrogen-bond acceptors (Lipinski definition) is 6. The molecule has 0 radical (unpaired) electrons. The maximum Gasteiger partial charge on any atom is 0.305 e. The summed E-state index contributed by atoms with van der Waals surface area (Å²) in [6.45, 7) is 4.75. The molecule has 0 saturated carbocycles. The standard InChI is InChI=1S/C65H125NO6/c1-3-5-7-9-11-13-15-17-30-34-38-42-46-50-54-58-64(70)72-59-55-51-47-43-39-35-32-29-27-25-23-21-19-18-20-22-24-26-28-31-33-37-41-45-49-53-57-63(69)66-61(60-67)65(71)62(68)56-52-48-44-40-36-16-14-12-10-8-6-4-2/h11,13,17,30,61-62,65,67-68,71H,3-10,12,14-16,18-29,31-60H2,1-2H3,(H,66,69)/b13-11-,30-17-/t61-,62+,65-/m0/s1. The number of allylic oxidation sites excluding steroid dienone is 4. The van der Waals surface area contributed by atoms with Crippen LogP contribution in [0.25, 0.3) is 0 Å². The van der Waals surface area contributed by atoms with Crippen LogP contribution in [0.2, 0.25) is 0 Å². The van der Waals surface area contributed by atoms with E-state index in [2.05, 4.69) is 43.5 Å². The Morgan fingerprint density at radius 1 is 0.403 bits per heavy atom. The predicted octanol–water partition coefficient (Wildman–Crippen LogP) is 19.2. The number of nitrogens with one attached hydrogen (secondary N) is 1. The Morgan fingerprint density at radius 2 is 0.722 bits per heavy atom. The second-order valence-electron chi connectivity index (χ2n) is 22.2. The number of carbonyl (C=O) groups excluding carboxylic acids is 2. The Morgan fingerprint density at radius 3 is 1.12 bits per heavy atom. The zero-order chi connectivity index (χ0) is 52.3. The molecule has 0 spiro atoms. The quantitative estimate of drug-likeness (QED) is 0.0274. The number of ether oxygens (including phenoxy) is 1. The number of aliphatic hydroxyl groups is 3. The van der Waals surface area contributed by atoms with Crippen molar-refractivity contribution < 1.29 is 29.6 Å². The fraction of sp³-hybridized carbons (Fsp3) is 0.908. The summed E-state index contributed by atoms with van der Waals surface area (Å²) >= 11 is 0. The molecule has 7 heteroatoms. The molecule has 0 heterocycles. The van der Waals surface area contributed by atoms with E-state index >= 15 is 0 Å². The fourth-order valence-corrected chi connectivity index (χ4v) is 10.1. The predicted molar refractivity (Wildman–Crippen MR) is 312 cm³/mol. The molecule has 4 N–H and O–H groups in total. The first-order chi connectivity index (χ1) is 35.5. The fourth-order valence-electron chi connectivity index (χ4n) is 10.1. The van der Waals surface area contributed by atoms with Gasteiger partial charge in [-0.15, -0.1) is 0 Å². The second-order valence-corrected chi connectivity index (χ2v) is 22.2. The van der Waals surface area contributed by atoms with Crippen molar-refractivity contribution in [3.8, 4) is 0 Å². The molecule has 0 unspecified atom stereocenters. The van der Waals surface area contributed by atoms with E-state index in [1.165, 1.54) is 250 Å². The third-order valence-electron chi connectivity index (χ3n) is 15.1. The molecule has 1 amide bonds. The van der Waals surface area contributed by atoms with Gasteiger partial charge in [-0.1, -0.05) is 301 Å². The lowest BCUT2D eigenvalue weighted by Crippen LogP contribution is -2.50. The molecule has 0 bridgehead atoms. The highest BCUT2D eigenvalue weighted by molar-refractivity contribution is 5.76. The molecule has 426 valence electrons. The number of carbonyl (C=O) groups is 2. The number of amides is 1. The molecular weight excluding hydrogens is 891 g/mol. The molecule has 72 heavy (non-hydrogen) atoms. The third kappa shape index (κ3) is 54.6. The molecule has 3 atom stereocenters. The number of hydrogen-bond donors (Lipinski definition) is 4. The molecule has 0 aliphatic heterocycles. The van der Waals surface area contributed by atoms with Gasteiger partial charge in [0.05, 0.1) is 25.4 Å². The highest BCUT2D eigenvalue weighted by Crippen LogP contribution is 2.18.